The largest absolute Gasteiger partial charge is 0.319 e. The highest BCUT2D eigenvalue weighted by Crippen LogP contribution is 2.60. The molecule has 8 heteroatoms. The summed E-state index contributed by atoms with van der Waals surface area (Å²) in [4.78, 5) is 12.0. The van der Waals surface area contributed by atoms with Crippen molar-refractivity contribution in [2.45, 2.75) is 82.2 Å². The molecule has 0 amide bonds. The zero-order valence-corrected chi connectivity index (χ0v) is 18.7. The van der Waals surface area contributed by atoms with Crippen LogP contribution in [0.1, 0.15) is 52.0 Å². The van der Waals surface area contributed by atoms with Crippen LogP contribution in [0, 0.1) is 30.6 Å². The maximum atomic E-state index is 12.9. The third kappa shape index (κ3) is 3.07. The summed E-state index contributed by atoms with van der Waals surface area (Å²) in [5.74, 6) is -0.425. The summed E-state index contributed by atoms with van der Waals surface area (Å²) in [6.07, 6.45) is 1.88. The fourth-order valence-corrected chi connectivity index (χ4v) is 6.92. The van der Waals surface area contributed by atoms with Gasteiger partial charge in [0.25, 0.3) is 10.1 Å². The Labute approximate surface area is 178 Å². The number of benzene rings is 1. The molecule has 1 aliphatic carbocycles. The molecule has 5 aliphatic rings. The molecule has 4 saturated heterocycles. The van der Waals surface area contributed by atoms with Gasteiger partial charge in [0, 0.05) is 18.3 Å². The number of hydrogen-bond donors (Lipinski definition) is 0. The van der Waals surface area contributed by atoms with E-state index in [2.05, 4.69) is 6.92 Å². The summed E-state index contributed by atoms with van der Waals surface area (Å²) in [6, 6.07) is 6.62. The molecule has 30 heavy (non-hydrogen) atoms. The Morgan fingerprint density at radius 1 is 1.03 bits per heavy atom. The van der Waals surface area contributed by atoms with Crippen molar-refractivity contribution < 1.29 is 31.8 Å². The van der Waals surface area contributed by atoms with Gasteiger partial charge in [0.05, 0.1) is 4.90 Å². The summed E-state index contributed by atoms with van der Waals surface area (Å²) < 4.78 is 44.0. The van der Waals surface area contributed by atoms with Crippen LogP contribution in [0.25, 0.3) is 0 Å². The Morgan fingerprint density at radius 3 is 2.50 bits per heavy atom. The lowest BCUT2D eigenvalue weighted by molar-refractivity contribution is -0.575. The lowest BCUT2D eigenvalue weighted by atomic mass is 9.58. The van der Waals surface area contributed by atoms with Gasteiger partial charge in [0.15, 0.2) is 18.2 Å². The lowest BCUT2D eigenvalue weighted by Crippen LogP contribution is -2.70. The average molecular weight is 439 g/mol. The first-order chi connectivity index (χ1) is 14.1. The molecule has 1 spiro atoms. The summed E-state index contributed by atoms with van der Waals surface area (Å²) in [6.45, 7) is 7.97. The summed E-state index contributed by atoms with van der Waals surface area (Å²) >= 11 is 0. The highest BCUT2D eigenvalue weighted by atomic mass is 32.2. The molecule has 5 fully saturated rings. The van der Waals surface area contributed by atoms with Crippen molar-refractivity contribution >= 4 is 10.1 Å². The number of aryl methyl sites for hydroxylation is 1. The molecular weight excluding hydrogens is 408 g/mol. The van der Waals surface area contributed by atoms with Gasteiger partial charge in [-0.3, -0.25) is 0 Å². The summed E-state index contributed by atoms with van der Waals surface area (Å²) in [5, 5.41) is 0. The molecule has 3 unspecified atom stereocenters. The molecule has 1 aromatic rings. The first-order valence-electron chi connectivity index (χ1n) is 10.8. The lowest BCUT2D eigenvalue weighted by Gasteiger charge is -2.60. The zero-order valence-electron chi connectivity index (χ0n) is 17.9. The van der Waals surface area contributed by atoms with E-state index in [9.17, 15) is 8.42 Å². The number of fused-ring (bicyclic) bond motifs is 2. The smallest absolute Gasteiger partial charge is 0.299 e. The Hall–Kier alpha value is -1.03. The molecular formula is C22H30O7S. The molecule has 1 aromatic carbocycles. The van der Waals surface area contributed by atoms with Gasteiger partial charge >= 0.3 is 0 Å². The normalized spacial score (nSPS) is 45.6. The maximum absolute atomic E-state index is 12.9. The maximum Gasteiger partial charge on any atom is 0.299 e. The van der Waals surface area contributed by atoms with Crippen LogP contribution >= 0.6 is 0 Å². The first kappa shape index (κ1) is 20.8. The predicted octanol–water partition coefficient (Wildman–Crippen LogP) is 3.91. The molecule has 0 N–H and O–H groups in total. The SMILES string of the molecule is Cc1ccc(S(=O)(=O)O[C@H]2O[C@@H]3OC4(C)CCC5[C@H](C)CCC([C@H]2C)[C@]53OO4)cc1. The fraction of sp³-hybridized carbons (Fsp3) is 0.727. The Kier molecular flexibility index (Phi) is 4.85. The molecule has 166 valence electrons. The fourth-order valence-electron chi connectivity index (χ4n) is 5.87. The molecule has 0 radical (unpaired) electrons. The predicted molar refractivity (Wildman–Crippen MR) is 106 cm³/mol. The van der Waals surface area contributed by atoms with E-state index in [1.807, 2.05) is 20.8 Å². The van der Waals surface area contributed by atoms with Crippen LogP contribution in [0.15, 0.2) is 29.2 Å². The van der Waals surface area contributed by atoms with Gasteiger partial charge in [-0.2, -0.15) is 8.42 Å². The second-order valence-electron chi connectivity index (χ2n) is 9.64. The van der Waals surface area contributed by atoms with Crippen molar-refractivity contribution in [1.82, 2.24) is 0 Å². The second kappa shape index (κ2) is 6.98. The minimum absolute atomic E-state index is 0.0123. The number of ether oxygens (including phenoxy) is 2. The van der Waals surface area contributed by atoms with Crippen molar-refractivity contribution in [3.05, 3.63) is 29.8 Å². The van der Waals surface area contributed by atoms with E-state index in [1.54, 1.807) is 24.3 Å². The highest BCUT2D eigenvalue weighted by Gasteiger charge is 2.69. The van der Waals surface area contributed by atoms with Gasteiger partial charge in [-0.15, -0.1) is 0 Å². The minimum Gasteiger partial charge on any atom is -0.319 e. The van der Waals surface area contributed by atoms with E-state index in [4.69, 9.17) is 23.4 Å². The van der Waals surface area contributed by atoms with Crippen LogP contribution in [0.3, 0.4) is 0 Å². The van der Waals surface area contributed by atoms with Gasteiger partial charge in [-0.05, 0) is 57.1 Å². The van der Waals surface area contributed by atoms with Crippen LogP contribution in [0.4, 0.5) is 0 Å². The van der Waals surface area contributed by atoms with E-state index in [0.29, 0.717) is 12.3 Å². The Morgan fingerprint density at radius 2 is 1.77 bits per heavy atom. The van der Waals surface area contributed by atoms with Crippen LogP contribution in [0.2, 0.25) is 0 Å². The monoisotopic (exact) mass is 438 g/mol. The highest BCUT2D eigenvalue weighted by molar-refractivity contribution is 7.86. The molecule has 6 rings (SSSR count). The first-order valence-corrected chi connectivity index (χ1v) is 12.3. The van der Waals surface area contributed by atoms with Crippen LogP contribution in [0.5, 0.6) is 0 Å². The average Bonchev–Trinajstić information content (AvgIpc) is 2.92. The van der Waals surface area contributed by atoms with Crippen molar-refractivity contribution in [3.63, 3.8) is 0 Å². The number of hydrogen-bond acceptors (Lipinski definition) is 7. The molecule has 8 atom stereocenters. The van der Waals surface area contributed by atoms with Crippen molar-refractivity contribution in [1.29, 1.82) is 0 Å². The third-order valence-electron chi connectivity index (χ3n) is 7.63. The second-order valence-corrected chi connectivity index (χ2v) is 11.2. The molecule has 4 heterocycles. The van der Waals surface area contributed by atoms with Crippen LogP contribution in [-0.2, 0) is 33.6 Å². The Bertz CT molecular complexity index is 916. The van der Waals surface area contributed by atoms with Crippen molar-refractivity contribution in [2.24, 2.45) is 23.7 Å². The molecule has 1 saturated carbocycles. The van der Waals surface area contributed by atoms with E-state index in [0.717, 1.165) is 24.8 Å². The van der Waals surface area contributed by atoms with Gasteiger partial charge < -0.3 is 9.47 Å². The van der Waals surface area contributed by atoms with Crippen LogP contribution in [-0.4, -0.2) is 32.4 Å². The van der Waals surface area contributed by atoms with Gasteiger partial charge in [0.1, 0.15) is 0 Å². The third-order valence-corrected chi connectivity index (χ3v) is 8.92. The number of rotatable bonds is 3. The molecule has 0 aromatic heterocycles. The molecule has 4 aliphatic heterocycles. The van der Waals surface area contributed by atoms with Gasteiger partial charge in [-0.1, -0.05) is 31.5 Å². The standard InChI is InChI=1S/C22H30O7S/c1-13-5-8-16(9-6-13)30(23,24)27-19-15(3)18-10-7-14(2)17-11-12-21(4)26-20(25-19)22(17,18)29-28-21/h5-6,8-9,14-15,17-20H,7,10-12H2,1-4H3/t14-,15-,17?,18?,19-,20-,21?,22-/m1/s1. The van der Waals surface area contributed by atoms with Crippen LogP contribution < -0.4 is 0 Å². The molecule has 2 bridgehead atoms. The van der Waals surface area contributed by atoms with Gasteiger partial charge in [0.2, 0.25) is 5.79 Å². The Balaban J connectivity index is 1.47. The quantitative estimate of drug-likeness (QED) is 0.523. The van der Waals surface area contributed by atoms with E-state index < -0.39 is 34.1 Å². The topological polar surface area (TPSA) is 80.3 Å². The minimum atomic E-state index is -3.98. The van der Waals surface area contributed by atoms with Gasteiger partial charge in [-0.25, -0.2) is 14.0 Å². The zero-order chi connectivity index (χ0) is 21.3. The van der Waals surface area contributed by atoms with Crippen molar-refractivity contribution in [3.8, 4) is 0 Å². The molecule has 7 nitrogen and oxygen atoms in total. The van der Waals surface area contributed by atoms with Crippen molar-refractivity contribution in [2.75, 3.05) is 0 Å². The summed E-state index contributed by atoms with van der Waals surface area (Å²) in [5.41, 5.74) is 0.245. The van der Waals surface area contributed by atoms with E-state index in [-0.39, 0.29) is 22.6 Å². The summed E-state index contributed by atoms with van der Waals surface area (Å²) in [7, 11) is -3.98. The van der Waals surface area contributed by atoms with E-state index >= 15 is 0 Å². The van der Waals surface area contributed by atoms with E-state index in [1.165, 1.54) is 0 Å².